The molecular weight excluding hydrogens is 361 g/mol. The minimum Gasteiger partial charge on any atom is -0.378 e. The maximum absolute atomic E-state index is 14.3. The molecule has 3 rings (SSSR count). The molecule has 0 bridgehead atoms. The van der Waals surface area contributed by atoms with E-state index in [9.17, 15) is 17.6 Å². The van der Waals surface area contributed by atoms with E-state index in [0.29, 0.717) is 51.5 Å². The van der Waals surface area contributed by atoms with E-state index in [0.717, 1.165) is 18.9 Å². The number of ether oxygens (including phenoxy) is 1. The van der Waals surface area contributed by atoms with Crippen LogP contribution in [0.2, 0.25) is 0 Å². The molecule has 1 aromatic rings. The topological polar surface area (TPSA) is 79.0 Å². The Morgan fingerprint density at radius 2 is 2.04 bits per heavy atom. The number of benzene rings is 1. The Hall–Kier alpha value is -1.71. The zero-order valence-corrected chi connectivity index (χ0v) is 15.6. The quantitative estimate of drug-likeness (QED) is 0.801. The van der Waals surface area contributed by atoms with Crippen molar-refractivity contribution in [3.63, 3.8) is 0 Å². The molecule has 2 aliphatic heterocycles. The number of hydrogen-bond acceptors (Lipinski definition) is 6. The lowest BCUT2D eigenvalue weighted by Crippen LogP contribution is -2.51. The number of piperazine rings is 1. The first kappa shape index (κ1) is 19.1. The molecule has 0 aliphatic carbocycles. The van der Waals surface area contributed by atoms with Crippen LogP contribution >= 0.6 is 0 Å². The maximum atomic E-state index is 14.3. The van der Waals surface area contributed by atoms with Crippen LogP contribution in [0, 0.1) is 5.82 Å². The second kappa shape index (κ2) is 7.89. The van der Waals surface area contributed by atoms with Crippen LogP contribution in [0.3, 0.4) is 0 Å². The first-order valence-electron chi connectivity index (χ1n) is 8.68. The van der Waals surface area contributed by atoms with Gasteiger partial charge < -0.3 is 19.9 Å². The Balaban J connectivity index is 1.57. The smallest absolute Gasteiger partial charge is 0.224 e. The number of hydrogen-bond donors (Lipinski definition) is 1. The summed E-state index contributed by atoms with van der Waals surface area (Å²) in [5.41, 5.74) is 0.367. The summed E-state index contributed by atoms with van der Waals surface area (Å²) in [6.45, 7) is 4.02. The average Bonchev–Trinajstić information content (AvgIpc) is 2.62. The molecule has 2 saturated heterocycles. The van der Waals surface area contributed by atoms with Gasteiger partial charge in [0.2, 0.25) is 5.91 Å². The van der Waals surface area contributed by atoms with Crippen LogP contribution in [0.4, 0.5) is 10.1 Å². The highest BCUT2D eigenvalue weighted by Crippen LogP contribution is 2.24. The highest BCUT2D eigenvalue weighted by atomic mass is 32.2. The Morgan fingerprint density at radius 3 is 2.62 bits per heavy atom. The van der Waals surface area contributed by atoms with Crippen LogP contribution in [0.25, 0.3) is 0 Å². The number of carbonyl (C=O) groups is 1. The summed E-state index contributed by atoms with van der Waals surface area (Å²) in [6, 6.07) is 4.01. The minimum atomic E-state index is -3.43. The summed E-state index contributed by atoms with van der Waals surface area (Å²) >= 11 is 0. The summed E-state index contributed by atoms with van der Waals surface area (Å²) in [7, 11) is -3.43. The molecule has 0 aromatic heterocycles. The van der Waals surface area contributed by atoms with Crippen molar-refractivity contribution in [1.82, 2.24) is 10.2 Å². The minimum absolute atomic E-state index is 0.0326. The molecule has 7 nitrogen and oxygen atoms in total. The van der Waals surface area contributed by atoms with Gasteiger partial charge in [-0.25, -0.2) is 12.8 Å². The van der Waals surface area contributed by atoms with Gasteiger partial charge >= 0.3 is 0 Å². The van der Waals surface area contributed by atoms with E-state index in [4.69, 9.17) is 4.74 Å². The van der Waals surface area contributed by atoms with Gasteiger partial charge in [-0.2, -0.15) is 0 Å². The van der Waals surface area contributed by atoms with Crippen molar-refractivity contribution < 1.29 is 22.3 Å². The number of nitrogens with one attached hydrogen (secondary N) is 1. The van der Waals surface area contributed by atoms with Crippen molar-refractivity contribution in [2.45, 2.75) is 17.4 Å². The summed E-state index contributed by atoms with van der Waals surface area (Å²) < 4.78 is 42.7. The predicted octanol–water partition coefficient (Wildman–Crippen LogP) is 0.256. The lowest BCUT2D eigenvalue weighted by atomic mass is 10.1. The summed E-state index contributed by atoms with van der Waals surface area (Å²) in [5.74, 6) is -0.489. The van der Waals surface area contributed by atoms with Crippen molar-refractivity contribution in [3.05, 3.63) is 24.0 Å². The third kappa shape index (κ3) is 4.52. The van der Waals surface area contributed by atoms with E-state index in [1.165, 1.54) is 12.1 Å². The first-order chi connectivity index (χ1) is 12.3. The third-order valence-electron chi connectivity index (χ3n) is 4.74. The van der Waals surface area contributed by atoms with Crippen molar-refractivity contribution in [3.8, 4) is 0 Å². The number of halogens is 1. The zero-order valence-electron chi connectivity index (χ0n) is 14.8. The molecule has 1 unspecified atom stereocenters. The molecule has 9 heteroatoms. The number of rotatable bonds is 4. The van der Waals surface area contributed by atoms with Gasteiger partial charge in [-0.05, 0) is 18.2 Å². The van der Waals surface area contributed by atoms with Gasteiger partial charge in [0.25, 0.3) is 0 Å². The molecule has 144 valence electrons. The van der Waals surface area contributed by atoms with E-state index in [1.54, 1.807) is 4.90 Å². The van der Waals surface area contributed by atoms with Crippen LogP contribution < -0.4 is 10.2 Å². The molecular formula is C17H24FN3O4S. The number of sulfone groups is 1. The van der Waals surface area contributed by atoms with Gasteiger partial charge in [-0.3, -0.25) is 4.79 Å². The summed E-state index contributed by atoms with van der Waals surface area (Å²) in [5, 5.41) is 3.27. The molecule has 2 heterocycles. The lowest BCUT2D eigenvalue weighted by molar-refractivity contribution is -0.132. The number of carbonyl (C=O) groups excluding carboxylic acids is 1. The summed E-state index contributed by atoms with van der Waals surface area (Å²) in [6.07, 6.45) is 1.45. The molecule has 2 fully saturated rings. The number of morpholine rings is 1. The fourth-order valence-corrected chi connectivity index (χ4v) is 3.89. The Morgan fingerprint density at radius 1 is 1.31 bits per heavy atom. The van der Waals surface area contributed by atoms with E-state index in [1.807, 2.05) is 4.90 Å². The van der Waals surface area contributed by atoms with E-state index < -0.39 is 15.7 Å². The molecule has 0 radical (unpaired) electrons. The summed E-state index contributed by atoms with van der Waals surface area (Å²) in [4.78, 5) is 16.0. The molecule has 1 N–H and O–H groups in total. The lowest BCUT2D eigenvalue weighted by Gasteiger charge is -2.37. The van der Waals surface area contributed by atoms with Crippen molar-refractivity contribution in [2.24, 2.45) is 0 Å². The second-order valence-electron chi connectivity index (χ2n) is 6.68. The third-order valence-corrected chi connectivity index (χ3v) is 5.85. The van der Waals surface area contributed by atoms with Gasteiger partial charge in [0.1, 0.15) is 5.82 Å². The van der Waals surface area contributed by atoms with Crippen LogP contribution in [0.15, 0.2) is 23.1 Å². The first-order valence-corrected chi connectivity index (χ1v) is 10.6. The number of nitrogens with zero attached hydrogens (tertiary/aromatic N) is 2. The van der Waals surface area contributed by atoms with Crippen molar-refractivity contribution >= 4 is 21.4 Å². The van der Waals surface area contributed by atoms with Gasteiger partial charge in [-0.1, -0.05) is 0 Å². The molecule has 1 aromatic carbocycles. The van der Waals surface area contributed by atoms with Gasteiger partial charge in [-0.15, -0.1) is 0 Å². The number of amides is 1. The Labute approximate surface area is 153 Å². The van der Waals surface area contributed by atoms with Crippen LogP contribution in [0.5, 0.6) is 0 Å². The second-order valence-corrected chi connectivity index (χ2v) is 8.70. The molecule has 1 amide bonds. The fraction of sp³-hybridized carbons (Fsp3) is 0.588. The molecule has 0 saturated carbocycles. The predicted molar refractivity (Wildman–Crippen MR) is 95.5 cm³/mol. The molecule has 0 spiro atoms. The highest BCUT2D eigenvalue weighted by molar-refractivity contribution is 7.90. The SMILES string of the molecule is CS(=O)(=O)c1ccc(N2CCN(C(=O)CC3COCCN3)CC2)c(F)c1. The largest absolute Gasteiger partial charge is 0.378 e. The Kier molecular flexibility index (Phi) is 5.79. The maximum Gasteiger partial charge on any atom is 0.224 e. The Bertz CT molecular complexity index is 757. The van der Waals surface area contributed by atoms with Gasteiger partial charge in [0.05, 0.1) is 23.8 Å². The standard InChI is InChI=1S/C17H24FN3O4S/c1-26(23,24)14-2-3-16(15(18)11-14)20-5-7-21(8-6-20)17(22)10-13-12-25-9-4-19-13/h2-3,11,13,19H,4-10,12H2,1H3. The monoisotopic (exact) mass is 385 g/mol. The van der Waals surface area contributed by atoms with Gasteiger partial charge in [0.15, 0.2) is 9.84 Å². The van der Waals surface area contributed by atoms with Crippen molar-refractivity contribution in [2.75, 3.05) is 57.1 Å². The normalized spacial score (nSPS) is 21.7. The van der Waals surface area contributed by atoms with Crippen LogP contribution in [-0.4, -0.2) is 77.5 Å². The van der Waals surface area contributed by atoms with Crippen LogP contribution in [0.1, 0.15) is 6.42 Å². The molecule has 1 atom stereocenters. The average molecular weight is 385 g/mol. The van der Waals surface area contributed by atoms with Crippen molar-refractivity contribution in [1.29, 1.82) is 0 Å². The van der Waals surface area contributed by atoms with E-state index in [2.05, 4.69) is 5.32 Å². The number of anilines is 1. The zero-order chi connectivity index (χ0) is 18.7. The van der Waals surface area contributed by atoms with Gasteiger partial charge in [0, 0.05) is 51.4 Å². The van der Waals surface area contributed by atoms with Crippen LogP contribution in [-0.2, 0) is 19.4 Å². The highest BCUT2D eigenvalue weighted by Gasteiger charge is 2.26. The fourth-order valence-electron chi connectivity index (χ4n) is 3.26. The molecule has 26 heavy (non-hydrogen) atoms. The van der Waals surface area contributed by atoms with E-state index in [-0.39, 0.29) is 16.8 Å². The van der Waals surface area contributed by atoms with E-state index >= 15 is 0 Å². The molecule has 2 aliphatic rings.